The Hall–Kier alpha value is -1.15. The second kappa shape index (κ2) is 4.61. The number of likely N-dealkylation sites (tertiary alicyclic amines) is 1. The van der Waals surface area contributed by atoms with Gasteiger partial charge >= 0.3 is 0 Å². The minimum atomic E-state index is 0.158. The Kier molecular flexibility index (Phi) is 2.98. The van der Waals surface area contributed by atoms with Crippen LogP contribution in [0, 0.1) is 0 Å². The van der Waals surface area contributed by atoms with Crippen LogP contribution in [0.25, 0.3) is 0 Å². The molecule has 0 amide bonds. The van der Waals surface area contributed by atoms with Crippen molar-refractivity contribution in [1.29, 1.82) is 0 Å². The Labute approximate surface area is 103 Å². The van der Waals surface area contributed by atoms with Gasteiger partial charge in [0.15, 0.2) is 5.78 Å². The topological polar surface area (TPSA) is 20.3 Å². The summed E-state index contributed by atoms with van der Waals surface area (Å²) in [5.74, 6) is 0.355. The number of carbonyl (C=O) groups is 1. The number of nitrogens with zero attached hydrogens (tertiary/aromatic N) is 1. The molecule has 2 aliphatic rings. The number of ketones is 1. The molecule has 2 nitrogen and oxygen atoms in total. The van der Waals surface area contributed by atoms with Crippen molar-refractivity contribution in [3.63, 3.8) is 0 Å². The highest BCUT2D eigenvalue weighted by molar-refractivity contribution is 6.02. The maximum atomic E-state index is 12.5. The number of hydrogen-bond donors (Lipinski definition) is 0. The highest BCUT2D eigenvalue weighted by atomic mass is 16.1. The number of fused-ring (bicyclic) bond motifs is 1. The van der Waals surface area contributed by atoms with Crippen molar-refractivity contribution in [2.75, 3.05) is 13.1 Å². The number of Topliss-reactive ketones (excluding diaryl/α,β-unsaturated/α-hetero) is 1. The van der Waals surface area contributed by atoms with E-state index in [0.29, 0.717) is 5.78 Å². The number of piperidine rings is 1. The standard InChI is InChI=1S/C15H19NO/c17-15-13-7-3-2-6-12(13)8-9-14(15)16-10-4-1-5-11-16/h2-3,6-7,14H,1,4-5,8-11H2. The molecule has 1 unspecified atom stereocenters. The van der Waals surface area contributed by atoms with E-state index in [1.165, 1.54) is 24.8 Å². The lowest BCUT2D eigenvalue weighted by Gasteiger charge is -2.36. The predicted molar refractivity (Wildman–Crippen MR) is 68.3 cm³/mol. The Morgan fingerprint density at radius 1 is 1.06 bits per heavy atom. The Morgan fingerprint density at radius 2 is 1.82 bits per heavy atom. The van der Waals surface area contributed by atoms with Crippen molar-refractivity contribution in [1.82, 2.24) is 4.90 Å². The molecular weight excluding hydrogens is 210 g/mol. The number of aryl methyl sites for hydroxylation is 1. The third-order valence-electron chi connectivity index (χ3n) is 4.10. The average molecular weight is 229 g/mol. The predicted octanol–water partition coefficient (Wildman–Crippen LogP) is 2.67. The fourth-order valence-corrected chi connectivity index (χ4v) is 3.16. The molecule has 90 valence electrons. The van der Waals surface area contributed by atoms with Crippen molar-refractivity contribution < 1.29 is 4.79 Å². The third-order valence-corrected chi connectivity index (χ3v) is 4.10. The van der Waals surface area contributed by atoms with E-state index in [1.54, 1.807) is 0 Å². The van der Waals surface area contributed by atoms with E-state index in [1.807, 2.05) is 18.2 Å². The normalized spacial score (nSPS) is 25.6. The summed E-state index contributed by atoms with van der Waals surface area (Å²) in [5, 5.41) is 0. The fourth-order valence-electron chi connectivity index (χ4n) is 3.16. The van der Waals surface area contributed by atoms with E-state index in [4.69, 9.17) is 0 Å². The van der Waals surface area contributed by atoms with Gasteiger partial charge in [-0.05, 0) is 44.3 Å². The highest BCUT2D eigenvalue weighted by Gasteiger charge is 2.31. The molecule has 3 rings (SSSR count). The van der Waals surface area contributed by atoms with Gasteiger partial charge in [0.05, 0.1) is 6.04 Å². The summed E-state index contributed by atoms with van der Waals surface area (Å²) in [6.07, 6.45) is 5.91. The van der Waals surface area contributed by atoms with Crippen LogP contribution in [-0.4, -0.2) is 29.8 Å². The van der Waals surface area contributed by atoms with Crippen LogP contribution in [0.3, 0.4) is 0 Å². The number of hydrogen-bond acceptors (Lipinski definition) is 2. The maximum Gasteiger partial charge on any atom is 0.180 e. The lowest BCUT2D eigenvalue weighted by molar-refractivity contribution is 0.0752. The molecule has 0 aromatic heterocycles. The third kappa shape index (κ3) is 2.02. The molecule has 1 heterocycles. The number of rotatable bonds is 1. The lowest BCUT2D eigenvalue weighted by Crippen LogP contribution is -2.46. The van der Waals surface area contributed by atoms with E-state index >= 15 is 0 Å². The molecule has 2 heteroatoms. The first-order valence-corrected chi connectivity index (χ1v) is 6.72. The van der Waals surface area contributed by atoms with Gasteiger partial charge in [-0.15, -0.1) is 0 Å². The van der Waals surface area contributed by atoms with E-state index in [0.717, 1.165) is 31.5 Å². The molecule has 0 radical (unpaired) electrons. The molecule has 1 atom stereocenters. The van der Waals surface area contributed by atoms with Crippen molar-refractivity contribution >= 4 is 5.78 Å². The number of benzene rings is 1. The summed E-state index contributed by atoms with van der Waals surface area (Å²) in [6, 6.07) is 8.26. The van der Waals surface area contributed by atoms with Gasteiger partial charge in [0, 0.05) is 5.56 Å². The van der Waals surface area contributed by atoms with Crippen LogP contribution in [0.15, 0.2) is 24.3 Å². The molecule has 17 heavy (non-hydrogen) atoms. The maximum absolute atomic E-state index is 12.5. The number of carbonyl (C=O) groups excluding carboxylic acids is 1. The van der Waals surface area contributed by atoms with Gasteiger partial charge in [0.1, 0.15) is 0 Å². The van der Waals surface area contributed by atoms with Gasteiger partial charge in [0.2, 0.25) is 0 Å². The lowest BCUT2D eigenvalue weighted by atomic mass is 9.85. The van der Waals surface area contributed by atoms with Gasteiger partial charge in [-0.3, -0.25) is 9.69 Å². The SMILES string of the molecule is O=C1c2ccccc2CCC1N1CCCCC1. The molecule has 1 fully saturated rings. The monoisotopic (exact) mass is 229 g/mol. The van der Waals surface area contributed by atoms with E-state index < -0.39 is 0 Å². The van der Waals surface area contributed by atoms with Crippen LogP contribution >= 0.6 is 0 Å². The highest BCUT2D eigenvalue weighted by Crippen LogP contribution is 2.26. The van der Waals surface area contributed by atoms with Gasteiger partial charge < -0.3 is 0 Å². The zero-order valence-corrected chi connectivity index (χ0v) is 10.2. The van der Waals surface area contributed by atoms with Gasteiger partial charge in [0.25, 0.3) is 0 Å². The summed E-state index contributed by atoms with van der Waals surface area (Å²) >= 11 is 0. The van der Waals surface area contributed by atoms with Gasteiger partial charge in [-0.2, -0.15) is 0 Å². The first-order chi connectivity index (χ1) is 8.36. The quantitative estimate of drug-likeness (QED) is 0.738. The molecule has 1 aromatic carbocycles. The van der Waals surface area contributed by atoms with Crippen LogP contribution < -0.4 is 0 Å². The summed E-state index contributed by atoms with van der Waals surface area (Å²) < 4.78 is 0. The molecule has 1 aliphatic heterocycles. The Balaban J connectivity index is 1.83. The zero-order valence-electron chi connectivity index (χ0n) is 10.2. The summed E-state index contributed by atoms with van der Waals surface area (Å²) in [5.41, 5.74) is 2.21. The molecule has 0 spiro atoms. The van der Waals surface area contributed by atoms with E-state index in [2.05, 4.69) is 11.0 Å². The second-order valence-electron chi connectivity index (χ2n) is 5.17. The molecule has 0 saturated carbocycles. The largest absolute Gasteiger partial charge is 0.293 e. The van der Waals surface area contributed by atoms with Crippen molar-refractivity contribution in [2.45, 2.75) is 38.1 Å². The smallest absolute Gasteiger partial charge is 0.180 e. The van der Waals surface area contributed by atoms with Crippen LogP contribution in [0.1, 0.15) is 41.6 Å². The molecular formula is C15H19NO. The van der Waals surface area contributed by atoms with Gasteiger partial charge in [-0.1, -0.05) is 30.7 Å². The minimum absolute atomic E-state index is 0.158. The fraction of sp³-hybridized carbons (Fsp3) is 0.533. The summed E-state index contributed by atoms with van der Waals surface area (Å²) in [4.78, 5) is 14.9. The van der Waals surface area contributed by atoms with E-state index in [-0.39, 0.29) is 6.04 Å². The molecule has 1 aromatic rings. The average Bonchev–Trinajstić information content (AvgIpc) is 2.40. The Morgan fingerprint density at radius 3 is 2.65 bits per heavy atom. The molecule has 1 saturated heterocycles. The minimum Gasteiger partial charge on any atom is -0.293 e. The summed E-state index contributed by atoms with van der Waals surface area (Å²) in [6.45, 7) is 2.22. The Bertz CT molecular complexity index is 421. The molecule has 1 aliphatic carbocycles. The van der Waals surface area contributed by atoms with Crippen molar-refractivity contribution in [3.8, 4) is 0 Å². The second-order valence-corrected chi connectivity index (χ2v) is 5.17. The first kappa shape index (κ1) is 11.0. The zero-order chi connectivity index (χ0) is 11.7. The van der Waals surface area contributed by atoms with Crippen LogP contribution in [-0.2, 0) is 6.42 Å². The van der Waals surface area contributed by atoms with Gasteiger partial charge in [-0.25, -0.2) is 0 Å². The molecule has 0 N–H and O–H groups in total. The molecule has 0 bridgehead atoms. The van der Waals surface area contributed by atoms with E-state index in [9.17, 15) is 4.79 Å². The summed E-state index contributed by atoms with van der Waals surface area (Å²) in [7, 11) is 0. The van der Waals surface area contributed by atoms with Crippen LogP contribution in [0.4, 0.5) is 0 Å². The first-order valence-electron chi connectivity index (χ1n) is 6.72. The van der Waals surface area contributed by atoms with Crippen LogP contribution in [0.5, 0.6) is 0 Å². The van der Waals surface area contributed by atoms with Crippen LogP contribution in [0.2, 0.25) is 0 Å². The van der Waals surface area contributed by atoms with Crippen molar-refractivity contribution in [3.05, 3.63) is 35.4 Å². The van der Waals surface area contributed by atoms with Crippen molar-refractivity contribution in [2.24, 2.45) is 0 Å².